The van der Waals surface area contributed by atoms with Crippen LogP contribution in [-0.4, -0.2) is 29.1 Å². The van der Waals surface area contributed by atoms with Crippen molar-refractivity contribution in [3.05, 3.63) is 47.5 Å². The Morgan fingerprint density at radius 2 is 1.96 bits per heavy atom. The first-order valence-corrected chi connectivity index (χ1v) is 7.62. The molecule has 6 heteroatoms. The van der Waals surface area contributed by atoms with Gasteiger partial charge in [0.15, 0.2) is 11.5 Å². The van der Waals surface area contributed by atoms with Gasteiger partial charge in [0.05, 0.1) is 31.1 Å². The molecule has 1 aliphatic rings. The average Bonchev–Trinajstić information content (AvgIpc) is 2.79. The van der Waals surface area contributed by atoms with Crippen molar-refractivity contribution < 1.29 is 14.3 Å². The van der Waals surface area contributed by atoms with Crippen LogP contribution in [0.4, 0.5) is 0 Å². The Labute approximate surface area is 134 Å². The molecule has 1 amide bonds. The van der Waals surface area contributed by atoms with Crippen LogP contribution in [0.25, 0.3) is 0 Å². The molecule has 0 aliphatic carbocycles. The molecule has 23 heavy (non-hydrogen) atoms. The SMILES string of the molecule is Cc1cnc(C(=O)N[C@H](C)c2ccc3c(c2)OCCCO3)cn1. The normalized spacial score (nSPS) is 14.7. The molecule has 0 spiro atoms. The standard InChI is InChI=1S/C17H19N3O3/c1-11-9-19-14(10-18-11)17(21)20-12(2)13-4-5-15-16(8-13)23-7-3-6-22-15/h4-5,8-10,12H,3,6-7H2,1-2H3,(H,20,21)/t12-/m1/s1. The number of rotatable bonds is 3. The van der Waals surface area contributed by atoms with Crippen molar-refractivity contribution in [2.45, 2.75) is 26.3 Å². The van der Waals surface area contributed by atoms with Crippen molar-refractivity contribution in [2.24, 2.45) is 0 Å². The average molecular weight is 313 g/mol. The molecule has 3 rings (SSSR count). The van der Waals surface area contributed by atoms with Crippen LogP contribution < -0.4 is 14.8 Å². The smallest absolute Gasteiger partial charge is 0.271 e. The third kappa shape index (κ3) is 3.59. The second-order valence-electron chi connectivity index (χ2n) is 5.49. The molecule has 0 radical (unpaired) electrons. The maximum atomic E-state index is 12.2. The molecule has 1 aromatic heterocycles. The van der Waals surface area contributed by atoms with E-state index in [9.17, 15) is 4.79 Å². The van der Waals surface area contributed by atoms with E-state index < -0.39 is 0 Å². The fourth-order valence-electron chi connectivity index (χ4n) is 2.31. The third-order valence-electron chi connectivity index (χ3n) is 3.63. The molecule has 0 fully saturated rings. The topological polar surface area (TPSA) is 73.3 Å². The number of ether oxygens (including phenoxy) is 2. The summed E-state index contributed by atoms with van der Waals surface area (Å²) in [5.41, 5.74) is 2.02. The van der Waals surface area contributed by atoms with Crippen LogP contribution in [0.15, 0.2) is 30.6 Å². The maximum Gasteiger partial charge on any atom is 0.271 e. The minimum absolute atomic E-state index is 0.178. The highest BCUT2D eigenvalue weighted by Crippen LogP contribution is 2.32. The van der Waals surface area contributed by atoms with Crippen molar-refractivity contribution in [1.29, 1.82) is 0 Å². The van der Waals surface area contributed by atoms with Gasteiger partial charge in [-0.1, -0.05) is 6.07 Å². The molecule has 1 aliphatic heterocycles. The second kappa shape index (κ2) is 6.64. The number of amides is 1. The summed E-state index contributed by atoms with van der Waals surface area (Å²) < 4.78 is 11.3. The molecule has 120 valence electrons. The Morgan fingerprint density at radius 3 is 2.70 bits per heavy atom. The lowest BCUT2D eigenvalue weighted by atomic mass is 10.1. The minimum Gasteiger partial charge on any atom is -0.490 e. The van der Waals surface area contributed by atoms with Gasteiger partial charge in [-0.05, 0) is 31.5 Å². The van der Waals surface area contributed by atoms with Crippen LogP contribution in [-0.2, 0) is 0 Å². The number of aromatic nitrogens is 2. The summed E-state index contributed by atoms with van der Waals surface area (Å²) in [4.78, 5) is 20.4. The molecule has 6 nitrogen and oxygen atoms in total. The molecule has 0 saturated heterocycles. The number of carbonyl (C=O) groups excluding carboxylic acids is 1. The first-order valence-electron chi connectivity index (χ1n) is 7.62. The first kappa shape index (κ1) is 15.3. The molecular formula is C17H19N3O3. The molecule has 1 atom stereocenters. The molecule has 0 bridgehead atoms. The summed E-state index contributed by atoms with van der Waals surface area (Å²) in [6, 6.07) is 5.54. The van der Waals surface area contributed by atoms with Crippen LogP contribution in [0.3, 0.4) is 0 Å². The van der Waals surface area contributed by atoms with E-state index in [0.29, 0.717) is 18.9 Å². The van der Waals surface area contributed by atoms with E-state index >= 15 is 0 Å². The highest BCUT2D eigenvalue weighted by Gasteiger charge is 2.16. The highest BCUT2D eigenvalue weighted by atomic mass is 16.5. The van der Waals surface area contributed by atoms with Crippen LogP contribution in [0.5, 0.6) is 11.5 Å². The summed E-state index contributed by atoms with van der Waals surface area (Å²) in [5, 5.41) is 2.92. The summed E-state index contributed by atoms with van der Waals surface area (Å²) >= 11 is 0. The Hall–Kier alpha value is -2.63. The van der Waals surface area contributed by atoms with Crippen LogP contribution in [0, 0.1) is 6.92 Å². The number of nitrogens with zero attached hydrogens (tertiary/aromatic N) is 2. The van der Waals surface area contributed by atoms with Gasteiger partial charge in [0, 0.05) is 12.6 Å². The summed E-state index contributed by atoms with van der Waals surface area (Å²) in [5.74, 6) is 1.21. The van der Waals surface area contributed by atoms with E-state index in [-0.39, 0.29) is 11.9 Å². The number of carbonyl (C=O) groups is 1. The fraction of sp³-hybridized carbons (Fsp3) is 0.353. The van der Waals surface area contributed by atoms with Gasteiger partial charge in [-0.3, -0.25) is 9.78 Å². The van der Waals surface area contributed by atoms with Gasteiger partial charge in [-0.15, -0.1) is 0 Å². The lowest BCUT2D eigenvalue weighted by molar-refractivity contribution is 0.0934. The Morgan fingerprint density at radius 1 is 1.17 bits per heavy atom. The zero-order chi connectivity index (χ0) is 16.2. The van der Waals surface area contributed by atoms with E-state index in [0.717, 1.165) is 29.2 Å². The van der Waals surface area contributed by atoms with Gasteiger partial charge in [0.1, 0.15) is 5.69 Å². The Balaban J connectivity index is 1.72. The number of hydrogen-bond acceptors (Lipinski definition) is 5. The zero-order valence-corrected chi connectivity index (χ0v) is 13.2. The van der Waals surface area contributed by atoms with Crippen LogP contribution >= 0.6 is 0 Å². The molecule has 1 N–H and O–H groups in total. The number of fused-ring (bicyclic) bond motifs is 1. The quantitative estimate of drug-likeness (QED) is 0.942. The van der Waals surface area contributed by atoms with E-state index in [1.165, 1.54) is 6.20 Å². The predicted octanol–water partition coefficient (Wildman–Crippen LogP) is 2.44. The number of aryl methyl sites for hydroxylation is 1. The molecule has 2 aromatic rings. The van der Waals surface area contributed by atoms with E-state index in [1.807, 2.05) is 32.0 Å². The largest absolute Gasteiger partial charge is 0.490 e. The van der Waals surface area contributed by atoms with Gasteiger partial charge in [0.25, 0.3) is 5.91 Å². The molecule has 2 heterocycles. The van der Waals surface area contributed by atoms with Gasteiger partial charge >= 0.3 is 0 Å². The van der Waals surface area contributed by atoms with E-state index in [1.54, 1.807) is 6.20 Å². The molecule has 0 unspecified atom stereocenters. The Bertz CT molecular complexity index is 701. The molecule has 1 aromatic carbocycles. The Kier molecular flexibility index (Phi) is 4.41. The van der Waals surface area contributed by atoms with Crippen molar-refractivity contribution in [3.63, 3.8) is 0 Å². The van der Waals surface area contributed by atoms with Crippen molar-refractivity contribution in [3.8, 4) is 11.5 Å². The van der Waals surface area contributed by atoms with Crippen molar-refractivity contribution in [1.82, 2.24) is 15.3 Å². The number of benzene rings is 1. The van der Waals surface area contributed by atoms with E-state index in [4.69, 9.17) is 9.47 Å². The first-order chi connectivity index (χ1) is 11.1. The molecular weight excluding hydrogens is 294 g/mol. The highest BCUT2D eigenvalue weighted by molar-refractivity contribution is 5.92. The zero-order valence-electron chi connectivity index (χ0n) is 13.2. The minimum atomic E-state index is -0.253. The number of nitrogens with one attached hydrogen (secondary N) is 1. The summed E-state index contributed by atoms with van der Waals surface area (Å²) in [6.07, 6.45) is 3.92. The van der Waals surface area contributed by atoms with Crippen LogP contribution in [0.1, 0.15) is 41.1 Å². The lowest BCUT2D eigenvalue weighted by Crippen LogP contribution is -2.27. The van der Waals surface area contributed by atoms with Gasteiger partial charge in [-0.25, -0.2) is 4.98 Å². The van der Waals surface area contributed by atoms with Gasteiger partial charge in [0.2, 0.25) is 0 Å². The molecule has 0 saturated carbocycles. The third-order valence-corrected chi connectivity index (χ3v) is 3.63. The maximum absolute atomic E-state index is 12.2. The fourth-order valence-corrected chi connectivity index (χ4v) is 2.31. The lowest BCUT2D eigenvalue weighted by Gasteiger charge is -2.16. The van der Waals surface area contributed by atoms with Crippen molar-refractivity contribution >= 4 is 5.91 Å². The predicted molar refractivity (Wildman–Crippen MR) is 84.7 cm³/mol. The van der Waals surface area contributed by atoms with Crippen LogP contribution in [0.2, 0.25) is 0 Å². The van der Waals surface area contributed by atoms with Crippen molar-refractivity contribution in [2.75, 3.05) is 13.2 Å². The number of hydrogen-bond donors (Lipinski definition) is 1. The monoisotopic (exact) mass is 313 g/mol. The van der Waals surface area contributed by atoms with E-state index in [2.05, 4.69) is 15.3 Å². The summed E-state index contributed by atoms with van der Waals surface area (Å²) in [7, 11) is 0. The van der Waals surface area contributed by atoms with Gasteiger partial charge < -0.3 is 14.8 Å². The van der Waals surface area contributed by atoms with Gasteiger partial charge in [-0.2, -0.15) is 0 Å². The second-order valence-corrected chi connectivity index (χ2v) is 5.49. The summed E-state index contributed by atoms with van der Waals surface area (Å²) in [6.45, 7) is 5.04.